The molecule has 1 amide bonds. The average Bonchev–Trinajstić information content (AvgIpc) is 3.39. The highest BCUT2D eigenvalue weighted by atomic mass is 28.4. The van der Waals surface area contributed by atoms with Crippen molar-refractivity contribution in [2.75, 3.05) is 13.7 Å². The summed E-state index contributed by atoms with van der Waals surface area (Å²) < 4.78 is 13.5. The van der Waals surface area contributed by atoms with E-state index >= 15 is 0 Å². The second kappa shape index (κ2) is 13.0. The highest BCUT2D eigenvalue weighted by molar-refractivity contribution is 6.99. The van der Waals surface area contributed by atoms with Gasteiger partial charge in [-0.25, -0.2) is 0 Å². The molecule has 7 nitrogen and oxygen atoms in total. The molecule has 0 saturated carbocycles. The van der Waals surface area contributed by atoms with Gasteiger partial charge in [-0.1, -0.05) is 112 Å². The van der Waals surface area contributed by atoms with Crippen LogP contribution in [0.5, 0.6) is 0 Å². The van der Waals surface area contributed by atoms with Crippen LogP contribution < -0.4 is 10.4 Å². The summed E-state index contributed by atoms with van der Waals surface area (Å²) >= 11 is 0. The maximum Gasteiger partial charge on any atom is 0.261 e. The summed E-state index contributed by atoms with van der Waals surface area (Å²) in [5, 5.41) is 6.60. The molecule has 0 spiro atoms. The molecule has 5 rings (SSSR count). The van der Waals surface area contributed by atoms with Crippen LogP contribution in [-0.4, -0.2) is 56.6 Å². The molecule has 0 bridgehead atoms. The van der Waals surface area contributed by atoms with Crippen molar-refractivity contribution in [1.82, 2.24) is 4.90 Å². The number of piperidine rings is 1. The van der Waals surface area contributed by atoms with Crippen LogP contribution in [-0.2, 0) is 14.0 Å². The second-order valence-corrected chi connectivity index (χ2v) is 18.0. The van der Waals surface area contributed by atoms with Crippen molar-refractivity contribution in [3.05, 3.63) is 82.8 Å². The van der Waals surface area contributed by atoms with Gasteiger partial charge < -0.3 is 14.1 Å². The van der Waals surface area contributed by atoms with Gasteiger partial charge in [0, 0.05) is 12.0 Å². The molecule has 2 aromatic carbocycles. The standard InChI is InChI=1S/C35H48N4O3Si/c1-6-27-22-28(25-42-43(34(2,3)4,29-18-12-8-13-19-29)30-20-14-9-15-21-30)39-32(27)31(41-5)24-35(33(39)40,37-38-36)23-26-16-10-7-11-17-26/h8-9,12-16,18-21,27-28,31-32H,6-7,10-11,17,22-25H2,1-5H3/t27-,28+,31+,32+,35+/m1/s1. The Morgan fingerprint density at radius 1 is 1.07 bits per heavy atom. The van der Waals surface area contributed by atoms with Gasteiger partial charge in [0.05, 0.1) is 24.8 Å². The van der Waals surface area contributed by atoms with Gasteiger partial charge >= 0.3 is 0 Å². The Morgan fingerprint density at radius 3 is 2.23 bits per heavy atom. The van der Waals surface area contributed by atoms with Crippen molar-refractivity contribution in [3.8, 4) is 0 Å². The molecule has 2 heterocycles. The number of hydrogen-bond acceptors (Lipinski definition) is 4. The van der Waals surface area contributed by atoms with Crippen molar-refractivity contribution in [3.63, 3.8) is 0 Å². The lowest BCUT2D eigenvalue weighted by Gasteiger charge is -2.49. The first-order valence-electron chi connectivity index (χ1n) is 16.1. The van der Waals surface area contributed by atoms with Gasteiger partial charge in [-0.15, -0.1) is 0 Å². The molecule has 5 atom stereocenters. The van der Waals surface area contributed by atoms with Crippen LogP contribution >= 0.6 is 0 Å². The Morgan fingerprint density at radius 2 is 1.72 bits per heavy atom. The van der Waals surface area contributed by atoms with Gasteiger partial charge in [0.25, 0.3) is 8.32 Å². The molecular weight excluding hydrogens is 552 g/mol. The van der Waals surface area contributed by atoms with Gasteiger partial charge in [0.1, 0.15) is 5.54 Å². The smallest absolute Gasteiger partial charge is 0.261 e. The van der Waals surface area contributed by atoms with Crippen molar-refractivity contribution in [2.45, 2.75) is 108 Å². The van der Waals surface area contributed by atoms with Crippen molar-refractivity contribution >= 4 is 24.6 Å². The lowest BCUT2D eigenvalue weighted by Crippen LogP contribution is -2.68. The third kappa shape index (κ3) is 5.83. The first-order valence-corrected chi connectivity index (χ1v) is 18.0. The molecule has 3 aliphatic rings. The van der Waals surface area contributed by atoms with Gasteiger partial charge in [-0.3, -0.25) is 4.79 Å². The summed E-state index contributed by atoms with van der Waals surface area (Å²) in [6.45, 7) is 9.47. The molecule has 2 fully saturated rings. The van der Waals surface area contributed by atoms with E-state index in [1.54, 1.807) is 7.11 Å². The fourth-order valence-electron chi connectivity index (χ4n) is 8.19. The number of azide groups is 1. The van der Waals surface area contributed by atoms with Gasteiger partial charge in [0.15, 0.2) is 0 Å². The molecule has 8 heteroatoms. The molecule has 2 saturated heterocycles. The van der Waals surface area contributed by atoms with Crippen LogP contribution in [0.25, 0.3) is 10.4 Å². The average molecular weight is 601 g/mol. The Kier molecular flexibility index (Phi) is 9.52. The van der Waals surface area contributed by atoms with E-state index in [9.17, 15) is 10.3 Å². The van der Waals surface area contributed by atoms with Crippen molar-refractivity contribution in [2.24, 2.45) is 11.0 Å². The van der Waals surface area contributed by atoms with Gasteiger partial charge in [-0.2, -0.15) is 0 Å². The maximum atomic E-state index is 14.7. The number of benzene rings is 2. The zero-order valence-corrected chi connectivity index (χ0v) is 27.5. The summed E-state index contributed by atoms with van der Waals surface area (Å²) in [5.41, 5.74) is 9.81. The Hall–Kier alpha value is -2.90. The molecule has 0 aromatic heterocycles. The van der Waals surface area contributed by atoms with E-state index in [1.165, 1.54) is 22.4 Å². The van der Waals surface area contributed by atoms with Crippen LogP contribution in [0.3, 0.4) is 0 Å². The van der Waals surface area contributed by atoms with E-state index in [2.05, 4.69) is 104 Å². The first-order chi connectivity index (χ1) is 20.7. The molecule has 43 heavy (non-hydrogen) atoms. The number of fused-ring (bicyclic) bond motifs is 1. The third-order valence-corrected chi connectivity index (χ3v) is 15.2. The number of nitrogens with zero attached hydrogens (tertiary/aromatic N) is 4. The van der Waals surface area contributed by atoms with Crippen LogP contribution in [0.15, 0.2) is 77.4 Å². The van der Waals surface area contributed by atoms with E-state index in [0.717, 1.165) is 32.1 Å². The summed E-state index contributed by atoms with van der Waals surface area (Å²) in [6, 6.07) is 21.1. The van der Waals surface area contributed by atoms with Gasteiger partial charge in [0.2, 0.25) is 5.91 Å². The predicted molar refractivity (Wildman–Crippen MR) is 175 cm³/mol. The topological polar surface area (TPSA) is 87.5 Å². The maximum absolute atomic E-state index is 14.7. The fraction of sp³-hybridized carbons (Fsp3) is 0.571. The highest BCUT2D eigenvalue weighted by Crippen LogP contribution is 2.47. The predicted octanol–water partition coefficient (Wildman–Crippen LogP) is 6.92. The molecule has 0 unspecified atom stereocenters. The van der Waals surface area contributed by atoms with Crippen molar-refractivity contribution < 1.29 is 14.0 Å². The molecule has 2 aliphatic heterocycles. The Balaban J connectivity index is 1.55. The van der Waals surface area contributed by atoms with Crippen LogP contribution in [0, 0.1) is 5.92 Å². The lowest BCUT2D eigenvalue weighted by atomic mass is 9.75. The summed E-state index contributed by atoms with van der Waals surface area (Å²) in [5.74, 6) is 0.238. The number of allylic oxidation sites excluding steroid dienone is 1. The largest absolute Gasteiger partial charge is 0.405 e. The van der Waals surface area contributed by atoms with E-state index in [1.807, 2.05) is 4.90 Å². The number of amides is 1. The second-order valence-electron chi connectivity index (χ2n) is 13.7. The number of hydrogen-bond donors (Lipinski definition) is 0. The third-order valence-electron chi connectivity index (χ3n) is 10.2. The quantitative estimate of drug-likeness (QED) is 0.0975. The molecule has 230 valence electrons. The zero-order chi connectivity index (χ0) is 30.7. The van der Waals surface area contributed by atoms with E-state index in [4.69, 9.17) is 9.16 Å². The number of carbonyl (C=O) groups excluding carboxylic acids is 1. The molecule has 0 N–H and O–H groups in total. The number of rotatable bonds is 10. The summed E-state index contributed by atoms with van der Waals surface area (Å²) in [6.07, 6.45) is 8.99. The van der Waals surface area contributed by atoms with Gasteiger partial charge in [-0.05, 0) is 71.8 Å². The summed E-state index contributed by atoms with van der Waals surface area (Å²) in [4.78, 5) is 20.0. The van der Waals surface area contributed by atoms with Crippen LogP contribution in [0.2, 0.25) is 5.04 Å². The zero-order valence-electron chi connectivity index (χ0n) is 26.5. The van der Waals surface area contributed by atoms with Crippen LogP contribution in [0.4, 0.5) is 0 Å². The van der Waals surface area contributed by atoms with E-state index in [0.29, 0.717) is 25.4 Å². The molecular formula is C35H48N4O3Si. The Bertz CT molecular complexity index is 1300. The van der Waals surface area contributed by atoms with E-state index in [-0.39, 0.29) is 29.1 Å². The number of ether oxygens (including phenoxy) is 1. The monoisotopic (exact) mass is 600 g/mol. The minimum Gasteiger partial charge on any atom is -0.405 e. The molecule has 2 aromatic rings. The minimum atomic E-state index is -2.80. The van der Waals surface area contributed by atoms with Crippen LogP contribution in [0.1, 0.15) is 79.1 Å². The Labute approximate surface area is 258 Å². The van der Waals surface area contributed by atoms with Crippen molar-refractivity contribution in [1.29, 1.82) is 0 Å². The summed E-state index contributed by atoms with van der Waals surface area (Å²) in [7, 11) is -1.06. The number of carbonyl (C=O) groups is 1. The normalized spacial score (nSPS) is 27.8. The lowest BCUT2D eigenvalue weighted by molar-refractivity contribution is -0.154. The SMILES string of the molecule is CC[C@@H]1C[C@@H](CO[Si](c2ccccc2)(c2ccccc2)C(C)(C)C)N2C(=O)[C@@](CC3=CCCCC3)(N=[N+]=[N-])C[C@H](OC)[C@H]12. The molecule has 1 aliphatic carbocycles. The highest BCUT2D eigenvalue weighted by Gasteiger charge is 2.59. The first kappa shape index (κ1) is 31.5. The van der Waals surface area contributed by atoms with E-state index < -0.39 is 13.9 Å². The fourth-order valence-corrected chi connectivity index (χ4v) is 12.8. The minimum absolute atomic E-state index is 0.0536. The number of methoxy groups -OCH3 is 1. The molecule has 0 radical (unpaired) electrons.